The predicted molar refractivity (Wildman–Crippen MR) is 145 cm³/mol. The lowest BCUT2D eigenvalue weighted by molar-refractivity contribution is 0.0600. The molecular weight excluding hydrogens is 432 g/mol. The van der Waals surface area contributed by atoms with Crippen LogP contribution in [0.1, 0.15) is 79.2 Å². The van der Waals surface area contributed by atoms with E-state index < -0.39 is 0 Å². The average molecular weight is 469 g/mol. The van der Waals surface area contributed by atoms with E-state index >= 15 is 0 Å². The molecule has 3 heteroatoms. The minimum absolute atomic E-state index is 0.0909. The number of ether oxygens (including phenoxy) is 2. The van der Waals surface area contributed by atoms with Gasteiger partial charge in [-0.05, 0) is 78.1 Å². The molecule has 0 bridgehead atoms. The summed E-state index contributed by atoms with van der Waals surface area (Å²) >= 11 is 0. The SMILES string of the molecule is COC(=O)c1cc(C(C)(C)C)ccc1C#Cc1cc(C2=C(C)C(C)CC=CC=C2)cc(C)c1OC. The molecule has 2 aromatic rings. The summed E-state index contributed by atoms with van der Waals surface area (Å²) in [5.41, 5.74) is 7.55. The lowest BCUT2D eigenvalue weighted by atomic mass is 9.85. The van der Waals surface area contributed by atoms with Gasteiger partial charge in [0, 0.05) is 5.56 Å². The summed E-state index contributed by atoms with van der Waals surface area (Å²) in [5, 5.41) is 0. The smallest absolute Gasteiger partial charge is 0.339 e. The van der Waals surface area contributed by atoms with Crippen molar-refractivity contribution in [2.75, 3.05) is 14.2 Å². The molecule has 182 valence electrons. The van der Waals surface area contributed by atoms with Gasteiger partial charge in [-0.1, -0.05) is 75.5 Å². The Bertz CT molecular complexity index is 1270. The Balaban J connectivity index is 2.17. The van der Waals surface area contributed by atoms with Gasteiger partial charge in [-0.3, -0.25) is 0 Å². The molecule has 0 N–H and O–H groups in total. The fourth-order valence-electron chi connectivity index (χ4n) is 4.24. The first-order valence-electron chi connectivity index (χ1n) is 12.0. The van der Waals surface area contributed by atoms with Gasteiger partial charge in [-0.25, -0.2) is 4.79 Å². The predicted octanol–water partition coefficient (Wildman–Crippen LogP) is 7.41. The third-order valence-electron chi connectivity index (χ3n) is 6.58. The van der Waals surface area contributed by atoms with Gasteiger partial charge in [0.1, 0.15) is 5.75 Å². The fraction of sp³-hybridized carbons (Fsp3) is 0.344. The Morgan fingerprint density at radius 2 is 1.71 bits per heavy atom. The summed E-state index contributed by atoms with van der Waals surface area (Å²) in [6, 6.07) is 10.1. The van der Waals surface area contributed by atoms with Crippen molar-refractivity contribution < 1.29 is 14.3 Å². The molecule has 0 aromatic heterocycles. The van der Waals surface area contributed by atoms with Crippen molar-refractivity contribution in [1.82, 2.24) is 0 Å². The Labute approximate surface area is 210 Å². The standard InChI is InChI=1S/C32H36O3/c1-21-12-10-9-11-13-28(23(21)3)26-18-22(2)30(34-7)25(19-26)15-14-24-16-17-27(32(4,5)6)20-29(24)31(33)35-8/h9-11,13,16-21H,12H2,1-8H3. The van der Waals surface area contributed by atoms with Crippen molar-refractivity contribution in [1.29, 1.82) is 0 Å². The molecular formula is C32H36O3. The second-order valence-corrected chi connectivity index (χ2v) is 10.1. The monoisotopic (exact) mass is 468 g/mol. The highest BCUT2D eigenvalue weighted by Crippen LogP contribution is 2.33. The van der Waals surface area contributed by atoms with Gasteiger partial charge >= 0.3 is 5.97 Å². The van der Waals surface area contributed by atoms with E-state index in [4.69, 9.17) is 9.47 Å². The second-order valence-electron chi connectivity index (χ2n) is 10.1. The molecule has 0 heterocycles. The Morgan fingerprint density at radius 1 is 1.00 bits per heavy atom. The summed E-state index contributed by atoms with van der Waals surface area (Å²) in [6.45, 7) is 12.8. The van der Waals surface area contributed by atoms with Crippen molar-refractivity contribution in [2.24, 2.45) is 5.92 Å². The molecule has 0 aliphatic heterocycles. The molecule has 1 aliphatic carbocycles. The number of benzene rings is 2. The van der Waals surface area contributed by atoms with Crippen LogP contribution in [-0.4, -0.2) is 20.2 Å². The molecule has 0 amide bonds. The largest absolute Gasteiger partial charge is 0.495 e. The van der Waals surface area contributed by atoms with Crippen LogP contribution >= 0.6 is 0 Å². The summed E-state index contributed by atoms with van der Waals surface area (Å²) in [4.78, 5) is 12.6. The van der Waals surface area contributed by atoms with E-state index in [0.29, 0.717) is 17.0 Å². The van der Waals surface area contributed by atoms with E-state index in [-0.39, 0.29) is 11.4 Å². The van der Waals surface area contributed by atoms with Crippen LogP contribution in [0.3, 0.4) is 0 Å². The van der Waals surface area contributed by atoms with Gasteiger partial charge < -0.3 is 9.47 Å². The molecule has 0 fully saturated rings. The number of methoxy groups -OCH3 is 2. The van der Waals surface area contributed by atoms with E-state index in [1.165, 1.54) is 18.3 Å². The molecule has 2 aromatic carbocycles. The Morgan fingerprint density at radius 3 is 2.37 bits per heavy atom. The summed E-state index contributed by atoms with van der Waals surface area (Å²) in [6.07, 6.45) is 9.59. The molecule has 1 atom stereocenters. The molecule has 3 rings (SSSR count). The van der Waals surface area contributed by atoms with Gasteiger partial charge in [-0.15, -0.1) is 0 Å². The van der Waals surface area contributed by atoms with Crippen molar-refractivity contribution in [3.05, 3.63) is 93.6 Å². The maximum Gasteiger partial charge on any atom is 0.339 e. The highest BCUT2D eigenvalue weighted by atomic mass is 16.5. The van der Waals surface area contributed by atoms with E-state index in [9.17, 15) is 4.79 Å². The number of carbonyl (C=O) groups excluding carboxylic acids is 1. The zero-order valence-corrected chi connectivity index (χ0v) is 22.2. The van der Waals surface area contributed by atoms with Crippen LogP contribution in [0.15, 0.2) is 60.2 Å². The molecule has 1 unspecified atom stereocenters. The second kappa shape index (κ2) is 10.8. The van der Waals surface area contributed by atoms with Crippen LogP contribution in [0.25, 0.3) is 5.57 Å². The normalized spacial score (nSPS) is 15.7. The van der Waals surface area contributed by atoms with Gasteiger partial charge in [0.2, 0.25) is 0 Å². The number of hydrogen-bond donors (Lipinski definition) is 0. The topological polar surface area (TPSA) is 35.5 Å². The van der Waals surface area contributed by atoms with Crippen LogP contribution < -0.4 is 4.74 Å². The van der Waals surface area contributed by atoms with Crippen LogP contribution in [0.2, 0.25) is 0 Å². The molecule has 0 spiro atoms. The van der Waals surface area contributed by atoms with Crippen LogP contribution in [0.4, 0.5) is 0 Å². The number of allylic oxidation sites excluding steroid dienone is 6. The van der Waals surface area contributed by atoms with E-state index in [1.807, 2.05) is 25.1 Å². The molecule has 0 radical (unpaired) electrons. The van der Waals surface area contributed by atoms with Gasteiger partial charge in [-0.2, -0.15) is 0 Å². The number of rotatable bonds is 3. The third kappa shape index (κ3) is 5.95. The van der Waals surface area contributed by atoms with Crippen molar-refractivity contribution in [3.63, 3.8) is 0 Å². The molecule has 0 saturated carbocycles. The lowest BCUT2D eigenvalue weighted by Crippen LogP contribution is -2.13. The van der Waals surface area contributed by atoms with Gasteiger partial charge in [0.05, 0.1) is 25.3 Å². The highest BCUT2D eigenvalue weighted by molar-refractivity contribution is 5.92. The van der Waals surface area contributed by atoms with Gasteiger partial charge in [0.15, 0.2) is 0 Å². The first kappa shape index (κ1) is 26.1. The molecule has 35 heavy (non-hydrogen) atoms. The number of carbonyl (C=O) groups is 1. The minimum atomic E-state index is -0.389. The fourth-order valence-corrected chi connectivity index (χ4v) is 4.24. The van der Waals surface area contributed by atoms with E-state index in [2.05, 4.69) is 82.9 Å². The number of esters is 1. The zero-order valence-electron chi connectivity index (χ0n) is 22.2. The Kier molecular flexibility index (Phi) is 8.07. The minimum Gasteiger partial charge on any atom is -0.495 e. The van der Waals surface area contributed by atoms with Crippen molar-refractivity contribution in [3.8, 4) is 17.6 Å². The van der Waals surface area contributed by atoms with E-state index in [1.54, 1.807) is 7.11 Å². The van der Waals surface area contributed by atoms with Gasteiger partial charge in [0.25, 0.3) is 0 Å². The molecule has 3 nitrogen and oxygen atoms in total. The average Bonchev–Trinajstić information content (AvgIpc) is 2.81. The maximum atomic E-state index is 12.6. The highest BCUT2D eigenvalue weighted by Gasteiger charge is 2.19. The maximum absolute atomic E-state index is 12.6. The van der Waals surface area contributed by atoms with Crippen LogP contribution in [-0.2, 0) is 10.2 Å². The Hall–Kier alpha value is -3.51. The molecule has 0 saturated heterocycles. The quantitative estimate of drug-likeness (QED) is 0.347. The lowest BCUT2D eigenvalue weighted by Gasteiger charge is -2.20. The first-order chi connectivity index (χ1) is 16.6. The zero-order chi connectivity index (χ0) is 25.8. The third-order valence-corrected chi connectivity index (χ3v) is 6.58. The molecule has 1 aliphatic rings. The first-order valence-corrected chi connectivity index (χ1v) is 12.0. The van der Waals surface area contributed by atoms with E-state index in [0.717, 1.165) is 34.4 Å². The number of aryl methyl sites for hydroxylation is 1. The van der Waals surface area contributed by atoms with Crippen molar-refractivity contribution in [2.45, 2.75) is 53.4 Å². The summed E-state index contributed by atoms with van der Waals surface area (Å²) in [5.74, 6) is 7.32. The summed E-state index contributed by atoms with van der Waals surface area (Å²) < 4.78 is 10.8. The number of hydrogen-bond acceptors (Lipinski definition) is 3. The van der Waals surface area contributed by atoms with Crippen molar-refractivity contribution >= 4 is 11.5 Å². The summed E-state index contributed by atoms with van der Waals surface area (Å²) in [7, 11) is 3.06. The van der Waals surface area contributed by atoms with Crippen LogP contribution in [0.5, 0.6) is 5.75 Å². The van der Waals surface area contributed by atoms with Crippen LogP contribution in [0, 0.1) is 24.7 Å².